The van der Waals surface area contributed by atoms with E-state index in [0.717, 1.165) is 0 Å². The fraction of sp³-hybridized carbons (Fsp3) is 0.545. The van der Waals surface area contributed by atoms with Gasteiger partial charge in [-0.15, -0.1) is 0 Å². The molecule has 1 aliphatic heterocycles. The van der Waals surface area contributed by atoms with Crippen LogP contribution in [0.3, 0.4) is 0 Å². The summed E-state index contributed by atoms with van der Waals surface area (Å²) in [6.45, 7) is 19.4. The van der Waals surface area contributed by atoms with Gasteiger partial charge in [-0.25, -0.2) is 14.4 Å². The molecule has 0 bridgehead atoms. The highest BCUT2D eigenvalue weighted by Gasteiger charge is 2.50. The molecular weight excluding hydrogens is 408 g/mol. The number of hydrogen-bond acceptors (Lipinski definition) is 9. The Bertz CT molecular complexity index is 787. The molecule has 1 fully saturated rings. The molecular formula is C22H30O9. The van der Waals surface area contributed by atoms with E-state index in [4.69, 9.17) is 23.7 Å². The lowest BCUT2D eigenvalue weighted by Gasteiger charge is -2.40. The first-order chi connectivity index (χ1) is 14.1. The van der Waals surface area contributed by atoms with Gasteiger partial charge in [-0.05, 0) is 41.5 Å². The highest BCUT2D eigenvalue weighted by atomic mass is 16.7. The number of rotatable bonds is 7. The smallest absolute Gasteiger partial charge is 0.335 e. The van der Waals surface area contributed by atoms with Crippen LogP contribution in [0.2, 0.25) is 0 Å². The first-order valence-corrected chi connectivity index (χ1v) is 9.57. The van der Waals surface area contributed by atoms with Crippen molar-refractivity contribution in [2.45, 2.75) is 66.1 Å². The van der Waals surface area contributed by atoms with Gasteiger partial charge < -0.3 is 23.7 Å². The van der Waals surface area contributed by atoms with Crippen LogP contribution in [-0.2, 0) is 42.9 Å². The minimum atomic E-state index is -1.44. The van der Waals surface area contributed by atoms with Gasteiger partial charge in [0.15, 0.2) is 12.2 Å². The molecule has 1 heterocycles. The zero-order valence-corrected chi connectivity index (χ0v) is 18.8. The van der Waals surface area contributed by atoms with Gasteiger partial charge in [0, 0.05) is 16.7 Å². The summed E-state index contributed by atoms with van der Waals surface area (Å²) in [5.74, 6) is -3.06. The average molecular weight is 438 g/mol. The molecule has 0 aliphatic carbocycles. The number of esters is 4. The molecule has 0 radical (unpaired) electrons. The van der Waals surface area contributed by atoms with Crippen molar-refractivity contribution in [2.24, 2.45) is 5.41 Å². The monoisotopic (exact) mass is 438 g/mol. The van der Waals surface area contributed by atoms with Gasteiger partial charge in [-0.2, -0.15) is 0 Å². The largest absolute Gasteiger partial charge is 0.455 e. The van der Waals surface area contributed by atoms with E-state index in [1.807, 2.05) is 0 Å². The maximum absolute atomic E-state index is 12.4. The van der Waals surface area contributed by atoms with Crippen LogP contribution in [-0.4, -0.2) is 55.1 Å². The molecule has 1 rings (SSSR count). The Labute approximate surface area is 182 Å². The van der Waals surface area contributed by atoms with Crippen molar-refractivity contribution in [1.29, 1.82) is 0 Å². The zero-order valence-electron chi connectivity index (χ0n) is 18.8. The molecule has 9 nitrogen and oxygen atoms in total. The van der Waals surface area contributed by atoms with E-state index in [2.05, 4.69) is 19.7 Å². The van der Waals surface area contributed by atoms with Gasteiger partial charge >= 0.3 is 23.9 Å². The van der Waals surface area contributed by atoms with E-state index in [9.17, 15) is 19.2 Å². The van der Waals surface area contributed by atoms with Crippen LogP contribution in [0.15, 0.2) is 36.5 Å². The molecule has 172 valence electrons. The highest BCUT2D eigenvalue weighted by molar-refractivity contribution is 5.88. The topological polar surface area (TPSA) is 114 Å². The number of carbonyl (C=O) groups excluding carboxylic acids is 4. The number of carbonyl (C=O) groups is 4. The predicted molar refractivity (Wildman–Crippen MR) is 109 cm³/mol. The fourth-order valence-electron chi connectivity index (χ4n) is 2.18. The summed E-state index contributed by atoms with van der Waals surface area (Å²) in [7, 11) is 0. The third kappa shape index (κ3) is 7.36. The minimum absolute atomic E-state index is 0.0452. The van der Waals surface area contributed by atoms with Crippen LogP contribution in [0.25, 0.3) is 0 Å². The van der Waals surface area contributed by atoms with Gasteiger partial charge in [-0.3, -0.25) is 4.79 Å². The van der Waals surface area contributed by atoms with Crippen LogP contribution in [0.4, 0.5) is 0 Å². The quantitative estimate of drug-likeness (QED) is 0.336. The van der Waals surface area contributed by atoms with Crippen LogP contribution in [0.1, 0.15) is 41.5 Å². The lowest BCUT2D eigenvalue weighted by Crippen LogP contribution is -2.59. The van der Waals surface area contributed by atoms with E-state index in [1.165, 1.54) is 20.8 Å². The second kappa shape index (κ2) is 10.4. The second-order valence-electron chi connectivity index (χ2n) is 8.38. The summed E-state index contributed by atoms with van der Waals surface area (Å²) < 4.78 is 27.0. The summed E-state index contributed by atoms with van der Waals surface area (Å²) in [5.41, 5.74) is -0.683. The summed E-state index contributed by atoms with van der Waals surface area (Å²) in [6, 6.07) is 0. The second-order valence-corrected chi connectivity index (χ2v) is 8.38. The lowest BCUT2D eigenvalue weighted by molar-refractivity contribution is -0.273. The van der Waals surface area contributed by atoms with Gasteiger partial charge in [0.1, 0.15) is 0 Å². The average Bonchev–Trinajstić information content (AvgIpc) is 2.64. The molecule has 1 saturated heterocycles. The van der Waals surface area contributed by atoms with Gasteiger partial charge in [0.25, 0.3) is 0 Å². The Morgan fingerprint density at radius 2 is 1.16 bits per heavy atom. The first kappa shape index (κ1) is 26.1. The van der Waals surface area contributed by atoms with Crippen molar-refractivity contribution >= 4 is 23.9 Å². The Morgan fingerprint density at radius 1 is 0.742 bits per heavy atom. The third-order valence-electron chi connectivity index (χ3n) is 4.01. The molecule has 0 amide bonds. The molecule has 0 N–H and O–H groups in total. The highest BCUT2D eigenvalue weighted by Crippen LogP contribution is 2.28. The van der Waals surface area contributed by atoms with Gasteiger partial charge in [0.2, 0.25) is 12.4 Å². The third-order valence-corrected chi connectivity index (χ3v) is 4.01. The van der Waals surface area contributed by atoms with Crippen LogP contribution in [0, 0.1) is 5.41 Å². The molecule has 0 aromatic rings. The van der Waals surface area contributed by atoms with E-state index in [0.29, 0.717) is 0 Å². The van der Waals surface area contributed by atoms with E-state index < -0.39 is 53.9 Å². The van der Waals surface area contributed by atoms with E-state index in [1.54, 1.807) is 20.8 Å². The number of hydrogen-bond donors (Lipinski definition) is 0. The molecule has 1 unspecified atom stereocenters. The molecule has 9 heteroatoms. The van der Waals surface area contributed by atoms with Gasteiger partial charge in [-0.1, -0.05) is 19.7 Å². The Balaban J connectivity index is 3.34. The van der Waals surface area contributed by atoms with Crippen LogP contribution in [0.5, 0.6) is 0 Å². The van der Waals surface area contributed by atoms with Crippen LogP contribution >= 0.6 is 0 Å². The molecule has 4 atom stereocenters. The standard InChI is InChI=1S/C22H30O9/c1-11(2)17(23)29-15-14(28-21(26)22(7,8)9)10-27-20(31-19(25)13(5)6)16(15)30-18(24)12(3)4/h14-16,20H,1,3,5,10H2,2,4,6-9H3/t14-,15-,16+,20?/m1/s1. The lowest BCUT2D eigenvalue weighted by atomic mass is 9.96. The fourth-order valence-corrected chi connectivity index (χ4v) is 2.18. The molecule has 0 aromatic carbocycles. The maximum Gasteiger partial charge on any atom is 0.335 e. The van der Waals surface area contributed by atoms with Crippen molar-refractivity contribution in [3.8, 4) is 0 Å². The SMILES string of the molecule is C=C(C)C(=O)OC1OC[C@@H](OC(=O)C(C)(C)C)[C@@H](OC(=O)C(=C)C)[C@@H]1OC(=O)C(=C)C. The van der Waals surface area contributed by atoms with Crippen molar-refractivity contribution in [3.05, 3.63) is 36.5 Å². The summed E-state index contributed by atoms with van der Waals surface area (Å²) in [6.07, 6.45) is -5.37. The molecule has 31 heavy (non-hydrogen) atoms. The van der Waals surface area contributed by atoms with Crippen molar-refractivity contribution in [1.82, 2.24) is 0 Å². The Hall–Kier alpha value is -2.94. The van der Waals surface area contributed by atoms with E-state index in [-0.39, 0.29) is 23.3 Å². The summed E-state index contributed by atoms with van der Waals surface area (Å²) in [4.78, 5) is 49.0. The Morgan fingerprint density at radius 3 is 1.58 bits per heavy atom. The zero-order chi connectivity index (χ0) is 24.1. The molecule has 0 aromatic heterocycles. The summed E-state index contributed by atoms with van der Waals surface area (Å²) >= 11 is 0. The summed E-state index contributed by atoms with van der Waals surface area (Å²) in [5, 5.41) is 0. The Kier molecular flexibility index (Phi) is 8.74. The van der Waals surface area contributed by atoms with Crippen molar-refractivity contribution in [2.75, 3.05) is 6.61 Å². The normalized spacial score (nSPS) is 23.2. The minimum Gasteiger partial charge on any atom is -0.455 e. The van der Waals surface area contributed by atoms with Crippen LogP contribution < -0.4 is 0 Å². The van der Waals surface area contributed by atoms with E-state index >= 15 is 0 Å². The number of ether oxygens (including phenoxy) is 5. The molecule has 1 aliphatic rings. The van der Waals surface area contributed by atoms with Gasteiger partial charge in [0.05, 0.1) is 12.0 Å². The van der Waals surface area contributed by atoms with Crippen molar-refractivity contribution in [3.63, 3.8) is 0 Å². The maximum atomic E-state index is 12.4. The predicted octanol–water partition coefficient (Wildman–Crippen LogP) is 2.40. The molecule has 0 saturated carbocycles. The van der Waals surface area contributed by atoms with Crippen molar-refractivity contribution < 1.29 is 42.9 Å². The first-order valence-electron chi connectivity index (χ1n) is 9.57. The molecule has 0 spiro atoms.